The number of hydrogen-bond acceptors (Lipinski definition) is 2. The topological polar surface area (TPSA) is 12.0 Å². The van der Waals surface area contributed by atoms with Gasteiger partial charge >= 0.3 is 0 Å². The Kier molecular flexibility index (Phi) is 3.71. The van der Waals surface area contributed by atoms with Gasteiger partial charge in [0.05, 0.1) is 0 Å². The van der Waals surface area contributed by atoms with Crippen molar-refractivity contribution in [3.63, 3.8) is 0 Å². The molecule has 1 aliphatic rings. The van der Waals surface area contributed by atoms with Gasteiger partial charge in [0.1, 0.15) is 0 Å². The summed E-state index contributed by atoms with van der Waals surface area (Å²) in [6.07, 6.45) is 2.44. The highest BCUT2D eigenvalue weighted by molar-refractivity contribution is 8.00. The van der Waals surface area contributed by atoms with Crippen LogP contribution in [-0.4, -0.2) is 17.8 Å². The molecule has 15 heavy (non-hydrogen) atoms. The summed E-state index contributed by atoms with van der Waals surface area (Å²) in [4.78, 5) is 1.48. The normalized spacial score (nSPS) is 21.3. The van der Waals surface area contributed by atoms with E-state index in [4.69, 9.17) is 0 Å². The highest BCUT2D eigenvalue weighted by Gasteiger charge is 2.21. The van der Waals surface area contributed by atoms with Crippen LogP contribution >= 0.6 is 11.8 Å². The Labute approximate surface area is 96.7 Å². The molecule has 2 rings (SSSR count). The van der Waals surface area contributed by atoms with Gasteiger partial charge in [-0.15, -0.1) is 11.8 Å². The average Bonchev–Trinajstić information content (AvgIpc) is 2.68. The largest absolute Gasteiger partial charge is 0.313 e. The lowest BCUT2D eigenvalue weighted by atomic mass is 10.1. The molecule has 0 fully saturated rings. The molecule has 1 aromatic rings. The van der Waals surface area contributed by atoms with Gasteiger partial charge in [0.15, 0.2) is 0 Å². The van der Waals surface area contributed by atoms with Crippen molar-refractivity contribution < 1.29 is 0 Å². The van der Waals surface area contributed by atoms with Gasteiger partial charge in [-0.25, -0.2) is 0 Å². The number of thioether (sulfide) groups is 1. The Bertz CT molecular complexity index is 299. The van der Waals surface area contributed by atoms with Crippen molar-refractivity contribution in [3.8, 4) is 0 Å². The molecule has 0 aliphatic carbocycles. The fraction of sp³-hybridized carbons (Fsp3) is 0.538. The van der Waals surface area contributed by atoms with Crippen LogP contribution in [0.2, 0.25) is 0 Å². The van der Waals surface area contributed by atoms with Crippen LogP contribution in [0.1, 0.15) is 25.8 Å². The Morgan fingerprint density at radius 1 is 1.47 bits per heavy atom. The quantitative estimate of drug-likeness (QED) is 0.838. The van der Waals surface area contributed by atoms with Gasteiger partial charge in [-0.3, -0.25) is 0 Å². The van der Waals surface area contributed by atoms with E-state index in [9.17, 15) is 0 Å². The highest BCUT2D eigenvalue weighted by atomic mass is 32.2. The van der Waals surface area contributed by atoms with E-state index in [1.54, 1.807) is 0 Å². The van der Waals surface area contributed by atoms with Crippen molar-refractivity contribution in [2.45, 2.75) is 42.9 Å². The van der Waals surface area contributed by atoms with Crippen LogP contribution in [0.15, 0.2) is 29.2 Å². The van der Waals surface area contributed by atoms with Crippen molar-refractivity contribution in [2.75, 3.05) is 6.54 Å². The SMILES string of the molecule is CCC(C)NCC1Cc2ccccc2S1. The second-order valence-electron chi connectivity index (χ2n) is 4.27. The van der Waals surface area contributed by atoms with E-state index < -0.39 is 0 Å². The molecule has 0 saturated heterocycles. The molecule has 0 saturated carbocycles. The second-order valence-corrected chi connectivity index (χ2v) is 5.61. The molecule has 1 aliphatic heterocycles. The van der Waals surface area contributed by atoms with Crippen molar-refractivity contribution in [1.29, 1.82) is 0 Å². The highest BCUT2D eigenvalue weighted by Crippen LogP contribution is 2.36. The molecule has 82 valence electrons. The monoisotopic (exact) mass is 221 g/mol. The molecule has 0 aromatic heterocycles. The van der Waals surface area contributed by atoms with Crippen molar-refractivity contribution in [1.82, 2.24) is 5.32 Å². The van der Waals surface area contributed by atoms with Crippen LogP contribution in [0.3, 0.4) is 0 Å². The van der Waals surface area contributed by atoms with Crippen molar-refractivity contribution in [3.05, 3.63) is 29.8 Å². The Balaban J connectivity index is 1.85. The first kappa shape index (κ1) is 11.0. The number of nitrogens with one attached hydrogen (secondary N) is 1. The van der Waals surface area contributed by atoms with Gasteiger partial charge in [-0.2, -0.15) is 0 Å². The van der Waals surface area contributed by atoms with Crippen molar-refractivity contribution in [2.24, 2.45) is 0 Å². The van der Waals surface area contributed by atoms with Crippen LogP contribution < -0.4 is 5.32 Å². The molecule has 1 nitrogen and oxygen atoms in total. The Morgan fingerprint density at radius 3 is 3.00 bits per heavy atom. The molecule has 0 amide bonds. The lowest BCUT2D eigenvalue weighted by Crippen LogP contribution is -2.31. The lowest BCUT2D eigenvalue weighted by Gasteiger charge is -2.14. The number of fused-ring (bicyclic) bond motifs is 1. The smallest absolute Gasteiger partial charge is 0.0260 e. The average molecular weight is 221 g/mol. The Morgan fingerprint density at radius 2 is 2.27 bits per heavy atom. The molecule has 2 heteroatoms. The van der Waals surface area contributed by atoms with Gasteiger partial charge in [0.2, 0.25) is 0 Å². The fourth-order valence-corrected chi connectivity index (χ4v) is 3.11. The molecule has 0 spiro atoms. The van der Waals surface area contributed by atoms with E-state index in [0.717, 1.165) is 11.8 Å². The van der Waals surface area contributed by atoms with Crippen LogP contribution in [0.4, 0.5) is 0 Å². The number of hydrogen-bond donors (Lipinski definition) is 1. The maximum Gasteiger partial charge on any atom is 0.0260 e. The number of benzene rings is 1. The van der Waals surface area contributed by atoms with Gasteiger partial charge in [-0.1, -0.05) is 25.1 Å². The predicted molar refractivity (Wildman–Crippen MR) is 67.5 cm³/mol. The van der Waals surface area contributed by atoms with Gasteiger partial charge < -0.3 is 5.32 Å². The summed E-state index contributed by atoms with van der Waals surface area (Å²) in [7, 11) is 0. The minimum atomic E-state index is 0.648. The third-order valence-electron chi connectivity index (χ3n) is 3.02. The van der Waals surface area contributed by atoms with E-state index in [1.807, 2.05) is 11.8 Å². The molecular weight excluding hydrogens is 202 g/mol. The molecule has 2 atom stereocenters. The third-order valence-corrected chi connectivity index (χ3v) is 4.34. The molecule has 2 unspecified atom stereocenters. The maximum atomic E-state index is 3.59. The van der Waals surface area contributed by atoms with Gasteiger partial charge in [0.25, 0.3) is 0 Å². The summed E-state index contributed by atoms with van der Waals surface area (Å²) in [6.45, 7) is 5.62. The molecule has 0 bridgehead atoms. The van der Waals surface area contributed by atoms with E-state index >= 15 is 0 Å². The van der Waals surface area contributed by atoms with Crippen LogP contribution in [0.5, 0.6) is 0 Å². The molecule has 0 radical (unpaired) electrons. The first-order valence-corrected chi connectivity index (χ1v) is 6.65. The summed E-state index contributed by atoms with van der Waals surface area (Å²) >= 11 is 2.03. The number of rotatable bonds is 4. The minimum Gasteiger partial charge on any atom is -0.313 e. The minimum absolute atomic E-state index is 0.648. The molecular formula is C13H19NS. The summed E-state index contributed by atoms with van der Waals surface area (Å²) in [5.41, 5.74) is 1.53. The molecule has 1 heterocycles. The van der Waals surface area contributed by atoms with Gasteiger partial charge in [-0.05, 0) is 31.4 Å². The van der Waals surface area contributed by atoms with E-state index in [-0.39, 0.29) is 0 Å². The maximum absolute atomic E-state index is 3.59. The Hall–Kier alpha value is -0.470. The van der Waals surface area contributed by atoms with Gasteiger partial charge in [0, 0.05) is 22.7 Å². The summed E-state index contributed by atoms with van der Waals surface area (Å²) < 4.78 is 0. The molecule has 1 N–H and O–H groups in total. The standard InChI is InChI=1S/C13H19NS/c1-3-10(2)14-9-12-8-11-6-4-5-7-13(11)15-12/h4-7,10,12,14H,3,8-9H2,1-2H3. The van der Waals surface area contributed by atoms with Crippen LogP contribution in [-0.2, 0) is 6.42 Å². The second kappa shape index (κ2) is 5.04. The first-order chi connectivity index (χ1) is 7.29. The summed E-state index contributed by atoms with van der Waals surface area (Å²) in [5.74, 6) is 0. The zero-order valence-electron chi connectivity index (χ0n) is 9.49. The molecule has 1 aromatic carbocycles. The zero-order valence-corrected chi connectivity index (χ0v) is 10.3. The first-order valence-electron chi connectivity index (χ1n) is 5.77. The van der Waals surface area contributed by atoms with Crippen LogP contribution in [0.25, 0.3) is 0 Å². The zero-order chi connectivity index (χ0) is 10.7. The van der Waals surface area contributed by atoms with Crippen molar-refractivity contribution >= 4 is 11.8 Å². The van der Waals surface area contributed by atoms with E-state index in [1.165, 1.54) is 23.3 Å². The summed E-state index contributed by atoms with van der Waals surface area (Å²) in [5, 5.41) is 4.32. The lowest BCUT2D eigenvalue weighted by molar-refractivity contribution is 0.531. The summed E-state index contributed by atoms with van der Waals surface area (Å²) in [6, 6.07) is 9.42. The van der Waals surface area contributed by atoms with E-state index in [0.29, 0.717) is 6.04 Å². The third kappa shape index (κ3) is 2.76. The van der Waals surface area contributed by atoms with Crippen LogP contribution in [0, 0.1) is 0 Å². The fourth-order valence-electron chi connectivity index (χ4n) is 1.84. The van der Waals surface area contributed by atoms with E-state index in [2.05, 4.69) is 43.4 Å². The predicted octanol–water partition coefficient (Wildman–Crippen LogP) is 3.09.